The van der Waals surface area contributed by atoms with Gasteiger partial charge in [0.1, 0.15) is 23.0 Å². The molecule has 0 atom stereocenters. The number of fused-ring (bicyclic) bond motifs is 2. The van der Waals surface area contributed by atoms with Crippen molar-refractivity contribution in [1.29, 1.82) is 0 Å². The van der Waals surface area contributed by atoms with Crippen molar-refractivity contribution in [3.05, 3.63) is 77.9 Å². The van der Waals surface area contributed by atoms with Crippen LogP contribution in [-0.4, -0.2) is 56.7 Å². The third kappa shape index (κ3) is 4.07. The van der Waals surface area contributed by atoms with Gasteiger partial charge in [0.15, 0.2) is 5.75 Å². The maximum Gasteiger partial charge on any atom is 0.243 e. The van der Waals surface area contributed by atoms with Crippen LogP contribution in [0.4, 0.5) is 5.69 Å². The van der Waals surface area contributed by atoms with E-state index in [1.54, 1.807) is 24.3 Å². The van der Waals surface area contributed by atoms with Gasteiger partial charge in [0.2, 0.25) is 10.0 Å². The molecule has 2 heterocycles. The number of rotatable bonds is 3. The summed E-state index contributed by atoms with van der Waals surface area (Å²) in [6.07, 6.45) is 0. The van der Waals surface area contributed by atoms with Crippen LogP contribution in [0.25, 0.3) is 0 Å². The van der Waals surface area contributed by atoms with Crippen LogP contribution < -0.4 is 9.47 Å². The smallest absolute Gasteiger partial charge is 0.243 e. The minimum absolute atomic E-state index is 0.241. The van der Waals surface area contributed by atoms with Crippen molar-refractivity contribution in [3.63, 3.8) is 0 Å². The zero-order valence-electron chi connectivity index (χ0n) is 18.6. The first kappa shape index (κ1) is 21.5. The number of piperazine rings is 1. The van der Waals surface area contributed by atoms with Gasteiger partial charge < -0.3 is 14.4 Å². The van der Waals surface area contributed by atoms with Gasteiger partial charge in [-0.3, -0.25) is 0 Å². The van der Waals surface area contributed by atoms with E-state index in [0.29, 0.717) is 31.9 Å². The number of sulfonamides is 1. The first-order valence-electron chi connectivity index (χ1n) is 10.8. The van der Waals surface area contributed by atoms with Crippen molar-refractivity contribution in [3.8, 4) is 17.2 Å². The molecule has 0 unspecified atom stereocenters. The highest BCUT2D eigenvalue weighted by atomic mass is 32.2. The summed E-state index contributed by atoms with van der Waals surface area (Å²) in [5.41, 5.74) is 2.76. The topological polar surface area (TPSA) is 71.4 Å². The number of methoxy groups -OCH3 is 1. The third-order valence-corrected chi connectivity index (χ3v) is 7.80. The van der Waals surface area contributed by atoms with Crippen LogP contribution in [0.15, 0.2) is 76.6 Å². The highest BCUT2D eigenvalue weighted by Gasteiger charge is 2.31. The first-order valence-corrected chi connectivity index (χ1v) is 12.3. The van der Waals surface area contributed by atoms with E-state index in [-0.39, 0.29) is 4.90 Å². The second-order valence-electron chi connectivity index (χ2n) is 8.07. The summed E-state index contributed by atoms with van der Waals surface area (Å²) in [7, 11) is -2.08. The van der Waals surface area contributed by atoms with Crippen molar-refractivity contribution >= 4 is 21.5 Å². The molecule has 2 aliphatic rings. The van der Waals surface area contributed by atoms with Crippen LogP contribution >= 0.6 is 0 Å². The zero-order valence-corrected chi connectivity index (χ0v) is 19.4. The highest BCUT2D eigenvalue weighted by Crippen LogP contribution is 2.38. The highest BCUT2D eigenvalue weighted by molar-refractivity contribution is 7.89. The summed E-state index contributed by atoms with van der Waals surface area (Å²) >= 11 is 0. The molecule has 8 heteroatoms. The maximum atomic E-state index is 13.2. The van der Waals surface area contributed by atoms with Gasteiger partial charge in [0.25, 0.3) is 0 Å². The number of para-hydroxylation sites is 1. The number of aliphatic imine (C=N–C) groups is 1. The van der Waals surface area contributed by atoms with Crippen molar-refractivity contribution in [2.24, 2.45) is 4.99 Å². The SMILES string of the molecule is COc1cccc(S(=O)(=O)N2CCN(C3=Nc4ccc(C)cc4Oc4ccccc43)CC2)c1. The molecule has 0 spiro atoms. The summed E-state index contributed by atoms with van der Waals surface area (Å²) in [4.78, 5) is 7.32. The van der Waals surface area contributed by atoms with Gasteiger partial charge >= 0.3 is 0 Å². The van der Waals surface area contributed by atoms with Gasteiger partial charge in [-0.1, -0.05) is 24.3 Å². The molecule has 1 saturated heterocycles. The van der Waals surface area contributed by atoms with Gasteiger partial charge in [-0.25, -0.2) is 13.4 Å². The standard InChI is InChI=1S/C25H25N3O4S/c1-18-10-11-22-24(16-18)32-23-9-4-3-8-21(23)25(26-22)27-12-14-28(15-13-27)33(29,30)20-7-5-6-19(17-20)31-2/h3-11,16-17H,12-15H2,1-2H3. The molecule has 0 N–H and O–H groups in total. The molecule has 33 heavy (non-hydrogen) atoms. The molecule has 2 aliphatic heterocycles. The number of nitrogens with zero attached hydrogens (tertiary/aromatic N) is 3. The van der Waals surface area contributed by atoms with Gasteiger partial charge in [-0.15, -0.1) is 0 Å². The summed E-state index contributed by atoms with van der Waals surface area (Å²) in [6, 6.07) is 20.4. The minimum Gasteiger partial charge on any atom is -0.497 e. The Morgan fingerprint density at radius 2 is 1.70 bits per heavy atom. The van der Waals surface area contributed by atoms with Crippen LogP contribution in [0.2, 0.25) is 0 Å². The summed E-state index contributed by atoms with van der Waals surface area (Å²) in [5.74, 6) is 2.78. The number of aryl methyl sites for hydroxylation is 1. The van der Waals surface area contributed by atoms with E-state index >= 15 is 0 Å². The van der Waals surface area contributed by atoms with E-state index in [4.69, 9.17) is 14.5 Å². The number of benzene rings is 3. The lowest BCUT2D eigenvalue weighted by molar-refractivity contribution is 0.266. The zero-order chi connectivity index (χ0) is 23.0. The molecule has 3 aromatic rings. The molecule has 1 fully saturated rings. The van der Waals surface area contributed by atoms with Crippen molar-refractivity contribution in [2.75, 3.05) is 33.3 Å². The molecule has 7 nitrogen and oxygen atoms in total. The monoisotopic (exact) mass is 463 g/mol. The largest absolute Gasteiger partial charge is 0.497 e. The fraction of sp³-hybridized carbons (Fsp3) is 0.240. The lowest BCUT2D eigenvalue weighted by Gasteiger charge is -2.35. The fourth-order valence-corrected chi connectivity index (χ4v) is 5.58. The normalized spacial score (nSPS) is 16.2. The summed E-state index contributed by atoms with van der Waals surface area (Å²) in [5, 5.41) is 0. The number of hydrogen-bond donors (Lipinski definition) is 0. The summed E-state index contributed by atoms with van der Waals surface area (Å²) < 4.78 is 39.3. The van der Waals surface area contributed by atoms with Crippen molar-refractivity contribution < 1.29 is 17.9 Å². The van der Waals surface area contributed by atoms with Crippen LogP contribution in [-0.2, 0) is 10.0 Å². The van der Waals surface area contributed by atoms with E-state index < -0.39 is 10.0 Å². The molecule has 5 rings (SSSR count). The van der Waals surface area contributed by atoms with Crippen LogP contribution in [0.1, 0.15) is 11.1 Å². The first-order chi connectivity index (χ1) is 16.0. The average Bonchev–Trinajstić information content (AvgIpc) is 3.00. The van der Waals surface area contributed by atoms with Gasteiger partial charge in [-0.05, 0) is 48.9 Å². The molecule has 3 aromatic carbocycles. The Balaban J connectivity index is 1.43. The lowest BCUT2D eigenvalue weighted by Crippen LogP contribution is -2.50. The van der Waals surface area contributed by atoms with Gasteiger partial charge in [0.05, 0.1) is 17.6 Å². The average molecular weight is 464 g/mol. The molecule has 0 amide bonds. The second-order valence-corrected chi connectivity index (χ2v) is 10.0. The van der Waals surface area contributed by atoms with E-state index in [1.807, 2.05) is 49.4 Å². The lowest BCUT2D eigenvalue weighted by atomic mass is 10.1. The molecule has 0 saturated carbocycles. The molecule has 0 bridgehead atoms. The van der Waals surface area contributed by atoms with Crippen LogP contribution in [0, 0.1) is 6.92 Å². The number of hydrogen-bond acceptors (Lipinski definition) is 6. The van der Waals surface area contributed by atoms with Crippen LogP contribution in [0.5, 0.6) is 17.2 Å². The Labute approximate surface area is 193 Å². The minimum atomic E-state index is -3.61. The second kappa shape index (κ2) is 8.53. The molecular weight excluding hydrogens is 438 g/mol. The Kier molecular flexibility index (Phi) is 5.55. The molecule has 0 aliphatic carbocycles. The van der Waals surface area contributed by atoms with E-state index in [1.165, 1.54) is 11.4 Å². The third-order valence-electron chi connectivity index (χ3n) is 5.91. The van der Waals surface area contributed by atoms with Crippen molar-refractivity contribution in [2.45, 2.75) is 11.8 Å². The van der Waals surface area contributed by atoms with E-state index in [9.17, 15) is 8.42 Å². The van der Waals surface area contributed by atoms with Crippen LogP contribution in [0.3, 0.4) is 0 Å². The molecular formula is C25H25N3O4S. The predicted octanol–water partition coefficient (Wildman–Crippen LogP) is 4.19. The van der Waals surface area contributed by atoms with E-state index in [0.717, 1.165) is 34.1 Å². The quantitative estimate of drug-likeness (QED) is 0.582. The Morgan fingerprint density at radius 1 is 0.909 bits per heavy atom. The molecule has 0 radical (unpaired) electrons. The maximum absolute atomic E-state index is 13.2. The number of ether oxygens (including phenoxy) is 2. The van der Waals surface area contributed by atoms with E-state index in [2.05, 4.69) is 4.90 Å². The Bertz CT molecular complexity index is 1330. The Morgan fingerprint density at radius 3 is 2.48 bits per heavy atom. The van der Waals surface area contributed by atoms with Crippen molar-refractivity contribution in [1.82, 2.24) is 9.21 Å². The van der Waals surface area contributed by atoms with Gasteiger partial charge in [0, 0.05) is 32.2 Å². The summed E-state index contributed by atoms with van der Waals surface area (Å²) in [6.45, 7) is 3.80. The van der Waals surface area contributed by atoms with Gasteiger partial charge in [-0.2, -0.15) is 4.31 Å². The molecule has 0 aromatic heterocycles. The molecule has 170 valence electrons. The predicted molar refractivity (Wildman–Crippen MR) is 127 cm³/mol. The fourth-order valence-electron chi connectivity index (χ4n) is 4.12. The number of amidine groups is 1. The Hall–Kier alpha value is -3.36.